The van der Waals surface area contributed by atoms with Gasteiger partial charge in [-0.05, 0) is 12.1 Å². The van der Waals surface area contributed by atoms with Crippen LogP contribution in [-0.4, -0.2) is 53.9 Å². The van der Waals surface area contributed by atoms with E-state index in [2.05, 4.69) is 9.80 Å². The monoisotopic (exact) mass is 298 g/mol. The molecule has 0 saturated carbocycles. The second-order valence-electron chi connectivity index (χ2n) is 6.87. The molecule has 114 valence electrons. The van der Waals surface area contributed by atoms with Crippen molar-refractivity contribution in [3.63, 3.8) is 0 Å². The summed E-state index contributed by atoms with van der Waals surface area (Å²) in [6, 6.07) is 5.70. The fourth-order valence-electron chi connectivity index (χ4n) is 4.41. The fourth-order valence-corrected chi connectivity index (χ4v) is 4.41. The van der Waals surface area contributed by atoms with Gasteiger partial charge in [0.15, 0.2) is 0 Å². The molecule has 4 heterocycles. The number of rotatable bonds is 2. The molecule has 3 nitrogen and oxygen atoms in total. The van der Waals surface area contributed by atoms with Gasteiger partial charge in [0, 0.05) is 24.6 Å². The largest absolute Gasteiger partial charge is 0.416 e. The molecule has 6 heteroatoms. The quantitative estimate of drug-likeness (QED) is 0.772. The zero-order valence-corrected chi connectivity index (χ0v) is 11.8. The molecule has 4 aliphatic heterocycles. The summed E-state index contributed by atoms with van der Waals surface area (Å²) in [6.07, 6.45) is -4.24. The topological polar surface area (TPSA) is 6.48 Å². The van der Waals surface area contributed by atoms with Gasteiger partial charge in [0.25, 0.3) is 0 Å². The van der Waals surface area contributed by atoms with Crippen molar-refractivity contribution in [1.82, 2.24) is 9.80 Å². The maximum Gasteiger partial charge on any atom is 0.416 e. The molecule has 0 spiro atoms. The third-order valence-electron chi connectivity index (χ3n) is 4.88. The van der Waals surface area contributed by atoms with Gasteiger partial charge in [0.2, 0.25) is 0 Å². The zero-order valence-electron chi connectivity index (χ0n) is 11.8. The van der Waals surface area contributed by atoms with Gasteiger partial charge in [-0.3, -0.25) is 4.48 Å². The molecule has 0 radical (unpaired) electrons. The van der Waals surface area contributed by atoms with Gasteiger partial charge in [-0.1, -0.05) is 12.1 Å². The lowest BCUT2D eigenvalue weighted by atomic mass is 9.97. The van der Waals surface area contributed by atoms with E-state index >= 15 is 0 Å². The first kappa shape index (κ1) is 13.5. The zero-order chi connectivity index (χ0) is 14.7. The predicted octanol–water partition coefficient (Wildman–Crippen LogP) is 2.16. The molecule has 0 amide bonds. The second-order valence-corrected chi connectivity index (χ2v) is 6.87. The number of hydrogen-bond donors (Lipinski definition) is 0. The third-order valence-corrected chi connectivity index (χ3v) is 4.88. The summed E-state index contributed by atoms with van der Waals surface area (Å²) >= 11 is 0. The highest BCUT2D eigenvalue weighted by Crippen LogP contribution is 2.34. The SMILES string of the molecule is FC(F)(F)c1ccc(C[N+]23CC4CN(CN(C4)C2)C3)cc1. The van der Waals surface area contributed by atoms with E-state index in [1.165, 1.54) is 25.2 Å². The number of quaternary nitrogens is 1. The molecule has 0 N–H and O–H groups in total. The van der Waals surface area contributed by atoms with Gasteiger partial charge in [0.05, 0.1) is 18.8 Å². The Hall–Kier alpha value is -1.11. The number of alkyl halides is 3. The third kappa shape index (κ3) is 2.45. The molecule has 4 bridgehead atoms. The van der Waals surface area contributed by atoms with E-state index < -0.39 is 11.7 Å². The van der Waals surface area contributed by atoms with Crippen LogP contribution in [0.5, 0.6) is 0 Å². The predicted molar refractivity (Wildman–Crippen MR) is 71.8 cm³/mol. The van der Waals surface area contributed by atoms with Crippen molar-refractivity contribution in [3.8, 4) is 0 Å². The average Bonchev–Trinajstić information content (AvgIpc) is 2.35. The molecule has 21 heavy (non-hydrogen) atoms. The Morgan fingerprint density at radius 2 is 1.67 bits per heavy atom. The van der Waals surface area contributed by atoms with E-state index in [9.17, 15) is 13.2 Å². The summed E-state index contributed by atoms with van der Waals surface area (Å²) in [4.78, 5) is 4.95. The molecule has 5 rings (SSSR count). The molecule has 0 aromatic heterocycles. The molecule has 1 aromatic rings. The van der Waals surface area contributed by atoms with Crippen molar-refractivity contribution >= 4 is 0 Å². The summed E-state index contributed by atoms with van der Waals surface area (Å²) < 4.78 is 38.8. The van der Waals surface area contributed by atoms with Crippen molar-refractivity contribution in [2.24, 2.45) is 5.92 Å². The summed E-state index contributed by atoms with van der Waals surface area (Å²) in [6.45, 7) is 7.49. The molecule has 1 aromatic carbocycles. The van der Waals surface area contributed by atoms with E-state index in [4.69, 9.17) is 0 Å². The van der Waals surface area contributed by atoms with Gasteiger partial charge in [-0.15, -0.1) is 0 Å². The normalized spacial score (nSPS) is 38.0. The van der Waals surface area contributed by atoms with Gasteiger partial charge in [0.1, 0.15) is 19.9 Å². The lowest BCUT2D eigenvalue weighted by Gasteiger charge is -2.59. The lowest BCUT2D eigenvalue weighted by Crippen LogP contribution is -2.75. The smallest absolute Gasteiger partial charge is 0.294 e. The minimum atomic E-state index is -4.24. The summed E-state index contributed by atoms with van der Waals surface area (Å²) in [7, 11) is 0. The highest BCUT2D eigenvalue weighted by molar-refractivity contribution is 5.24. The Labute approximate surface area is 122 Å². The number of nitrogens with zero attached hydrogens (tertiary/aromatic N) is 3. The first-order valence-corrected chi connectivity index (χ1v) is 7.38. The van der Waals surface area contributed by atoms with Crippen LogP contribution in [-0.2, 0) is 12.7 Å². The number of halogens is 3. The molecule has 4 saturated heterocycles. The van der Waals surface area contributed by atoms with Crippen molar-refractivity contribution < 1.29 is 17.7 Å². The van der Waals surface area contributed by atoms with Crippen LogP contribution >= 0.6 is 0 Å². The van der Waals surface area contributed by atoms with Crippen LogP contribution in [0, 0.1) is 5.92 Å². The van der Waals surface area contributed by atoms with Crippen molar-refractivity contribution in [2.45, 2.75) is 12.7 Å². The van der Waals surface area contributed by atoms with Crippen LogP contribution in [0.15, 0.2) is 24.3 Å². The molecular weight excluding hydrogens is 279 g/mol. The Balaban J connectivity index is 1.53. The Bertz CT molecular complexity index is 503. The number of benzene rings is 1. The second kappa shape index (κ2) is 4.44. The maximum absolute atomic E-state index is 12.6. The Morgan fingerprint density at radius 1 is 1.05 bits per heavy atom. The highest BCUT2D eigenvalue weighted by atomic mass is 19.4. The van der Waals surface area contributed by atoms with E-state index in [1.54, 1.807) is 12.1 Å². The van der Waals surface area contributed by atoms with E-state index in [1.807, 2.05) is 0 Å². The first-order valence-electron chi connectivity index (χ1n) is 7.38. The molecule has 0 aliphatic carbocycles. The summed E-state index contributed by atoms with van der Waals surface area (Å²) in [5, 5.41) is 0. The molecule has 2 atom stereocenters. The summed E-state index contributed by atoms with van der Waals surface area (Å²) in [5.41, 5.74) is 0.448. The Kier molecular flexibility index (Phi) is 2.87. The fraction of sp³-hybridized carbons (Fsp3) is 0.600. The minimum Gasteiger partial charge on any atom is -0.294 e. The lowest BCUT2D eigenvalue weighted by molar-refractivity contribution is -0.981. The van der Waals surface area contributed by atoms with Gasteiger partial charge in [-0.2, -0.15) is 13.2 Å². The maximum atomic E-state index is 12.6. The van der Waals surface area contributed by atoms with Crippen LogP contribution in [0.2, 0.25) is 0 Å². The Morgan fingerprint density at radius 3 is 2.19 bits per heavy atom. The van der Waals surface area contributed by atoms with Gasteiger partial charge >= 0.3 is 6.18 Å². The van der Waals surface area contributed by atoms with Crippen LogP contribution in [0.25, 0.3) is 0 Å². The van der Waals surface area contributed by atoms with Crippen LogP contribution in [0.4, 0.5) is 13.2 Å². The highest BCUT2D eigenvalue weighted by Gasteiger charge is 2.49. The molecular formula is C15H19F3N3+. The standard InChI is InChI=1S/C15H19F3N3/c16-15(17,18)14-3-1-12(2-4-14)7-21-8-13-5-19(10-21)9-20(6-13)11-21/h1-4,13H,5-11H2/q+1. The molecule has 4 aliphatic rings. The van der Waals surface area contributed by atoms with Crippen LogP contribution in [0.1, 0.15) is 11.1 Å². The molecule has 4 fully saturated rings. The van der Waals surface area contributed by atoms with Crippen LogP contribution < -0.4 is 0 Å². The van der Waals surface area contributed by atoms with Crippen molar-refractivity contribution in [3.05, 3.63) is 35.4 Å². The first-order chi connectivity index (χ1) is 9.92. The summed E-state index contributed by atoms with van der Waals surface area (Å²) in [5.74, 6) is 0.718. The van der Waals surface area contributed by atoms with Crippen molar-refractivity contribution in [2.75, 3.05) is 39.6 Å². The van der Waals surface area contributed by atoms with Crippen LogP contribution in [0.3, 0.4) is 0 Å². The van der Waals surface area contributed by atoms with Gasteiger partial charge in [-0.25, -0.2) is 9.80 Å². The van der Waals surface area contributed by atoms with E-state index in [-0.39, 0.29) is 0 Å². The van der Waals surface area contributed by atoms with E-state index in [0.29, 0.717) is 0 Å². The van der Waals surface area contributed by atoms with E-state index in [0.717, 1.165) is 49.1 Å². The van der Waals surface area contributed by atoms with Crippen molar-refractivity contribution in [1.29, 1.82) is 0 Å². The minimum absolute atomic E-state index is 0.559. The van der Waals surface area contributed by atoms with Gasteiger partial charge < -0.3 is 0 Å². The average molecular weight is 298 g/mol. The molecule has 2 unspecified atom stereocenters. The number of hydrogen-bond acceptors (Lipinski definition) is 2.